The van der Waals surface area contributed by atoms with Gasteiger partial charge in [0.1, 0.15) is 0 Å². The third-order valence-electron chi connectivity index (χ3n) is 5.71. The lowest BCUT2D eigenvalue weighted by molar-refractivity contribution is -0.897. The van der Waals surface area contributed by atoms with E-state index >= 15 is 0 Å². The van der Waals surface area contributed by atoms with Crippen LogP contribution in [0.4, 0.5) is 0 Å². The summed E-state index contributed by atoms with van der Waals surface area (Å²) in [6, 6.07) is 8.42. The van der Waals surface area contributed by atoms with Crippen LogP contribution in [0.25, 0.3) is 10.2 Å². The van der Waals surface area contributed by atoms with Crippen molar-refractivity contribution >= 4 is 27.5 Å². The number of hydrogen-bond acceptors (Lipinski definition) is 3. The number of fused-ring (bicyclic) bond motifs is 1. The number of benzene rings is 1. The molecule has 2 saturated heterocycles. The molecule has 0 saturated carbocycles. The predicted octanol–water partition coefficient (Wildman–Crippen LogP) is 2.46. The smallest absolute Gasteiger partial charge is 0.277 e. The SMILES string of the molecule is O=C(C[NH+]1CCC(c2nc3ccccc3s2)CC1)N1CCCCCC1. The van der Waals surface area contributed by atoms with Gasteiger partial charge in [-0.1, -0.05) is 25.0 Å². The molecule has 2 aliphatic rings. The Balaban J connectivity index is 1.31. The molecule has 2 fully saturated rings. The summed E-state index contributed by atoms with van der Waals surface area (Å²) in [7, 11) is 0. The summed E-state index contributed by atoms with van der Waals surface area (Å²) in [5.74, 6) is 0.949. The van der Waals surface area contributed by atoms with Crippen molar-refractivity contribution in [2.24, 2.45) is 0 Å². The molecule has 2 aliphatic heterocycles. The molecule has 1 aromatic heterocycles. The summed E-state index contributed by atoms with van der Waals surface area (Å²) in [6.45, 7) is 4.83. The van der Waals surface area contributed by atoms with E-state index in [9.17, 15) is 4.79 Å². The van der Waals surface area contributed by atoms with E-state index in [1.165, 1.54) is 40.3 Å². The molecule has 0 bridgehead atoms. The molecule has 0 spiro atoms. The number of quaternary nitrogens is 1. The number of aromatic nitrogens is 1. The summed E-state index contributed by atoms with van der Waals surface area (Å²) in [6.07, 6.45) is 7.24. The first-order valence-electron chi connectivity index (χ1n) is 9.76. The van der Waals surface area contributed by atoms with E-state index in [1.54, 1.807) is 0 Å². The Morgan fingerprint density at radius 1 is 1.12 bits per heavy atom. The third-order valence-corrected chi connectivity index (χ3v) is 6.91. The number of carbonyl (C=O) groups excluding carboxylic acids is 1. The number of para-hydroxylation sites is 1. The fraction of sp³-hybridized carbons (Fsp3) is 0.600. The molecule has 0 unspecified atom stereocenters. The second-order valence-corrected chi connectivity index (χ2v) is 8.58. The monoisotopic (exact) mass is 358 g/mol. The number of nitrogens with zero attached hydrogens (tertiary/aromatic N) is 2. The number of likely N-dealkylation sites (tertiary alicyclic amines) is 2. The van der Waals surface area contributed by atoms with Crippen molar-refractivity contribution in [3.05, 3.63) is 29.3 Å². The summed E-state index contributed by atoms with van der Waals surface area (Å²) >= 11 is 1.85. The number of rotatable bonds is 3. The molecule has 134 valence electrons. The van der Waals surface area contributed by atoms with Gasteiger partial charge in [-0.2, -0.15) is 0 Å². The highest BCUT2D eigenvalue weighted by molar-refractivity contribution is 7.18. The van der Waals surface area contributed by atoms with Crippen molar-refractivity contribution in [3.63, 3.8) is 0 Å². The van der Waals surface area contributed by atoms with E-state index in [4.69, 9.17) is 4.98 Å². The molecule has 2 aromatic rings. The van der Waals surface area contributed by atoms with E-state index in [2.05, 4.69) is 29.2 Å². The molecule has 4 rings (SSSR count). The highest BCUT2D eigenvalue weighted by Crippen LogP contribution is 2.31. The topological polar surface area (TPSA) is 37.6 Å². The van der Waals surface area contributed by atoms with Crippen LogP contribution in [0.15, 0.2) is 24.3 Å². The largest absolute Gasteiger partial charge is 0.338 e. The highest BCUT2D eigenvalue weighted by Gasteiger charge is 2.28. The van der Waals surface area contributed by atoms with Crippen LogP contribution < -0.4 is 4.90 Å². The Hall–Kier alpha value is -1.46. The Bertz CT molecular complexity index is 680. The molecule has 1 N–H and O–H groups in total. The first-order chi connectivity index (χ1) is 12.3. The van der Waals surface area contributed by atoms with Crippen molar-refractivity contribution in [1.29, 1.82) is 0 Å². The molecule has 5 heteroatoms. The molecule has 25 heavy (non-hydrogen) atoms. The molecule has 0 atom stereocenters. The van der Waals surface area contributed by atoms with E-state index < -0.39 is 0 Å². The molecule has 0 radical (unpaired) electrons. The van der Waals surface area contributed by atoms with Crippen LogP contribution in [-0.4, -0.2) is 48.5 Å². The number of piperidine rings is 1. The number of amides is 1. The molecule has 4 nitrogen and oxygen atoms in total. The van der Waals surface area contributed by atoms with Crippen LogP contribution in [0, 0.1) is 0 Å². The molecule has 1 aromatic carbocycles. The number of thiazole rings is 1. The first-order valence-corrected chi connectivity index (χ1v) is 10.6. The summed E-state index contributed by atoms with van der Waals surface area (Å²) in [4.78, 5) is 21.0. The lowest BCUT2D eigenvalue weighted by atomic mass is 9.97. The summed E-state index contributed by atoms with van der Waals surface area (Å²) in [5.41, 5.74) is 1.13. The van der Waals surface area contributed by atoms with Gasteiger partial charge in [-0.15, -0.1) is 11.3 Å². The number of nitrogens with one attached hydrogen (secondary N) is 1. The van der Waals surface area contributed by atoms with Crippen LogP contribution in [-0.2, 0) is 4.79 Å². The van der Waals surface area contributed by atoms with Crippen molar-refractivity contribution < 1.29 is 9.69 Å². The molecule has 3 heterocycles. The lowest BCUT2D eigenvalue weighted by Crippen LogP contribution is -3.14. The van der Waals surface area contributed by atoms with Gasteiger partial charge >= 0.3 is 0 Å². The average molecular weight is 359 g/mol. The maximum atomic E-state index is 12.6. The van der Waals surface area contributed by atoms with E-state index in [1.807, 2.05) is 11.3 Å². The minimum atomic E-state index is 0.371. The predicted molar refractivity (Wildman–Crippen MR) is 102 cm³/mol. The third kappa shape index (κ3) is 4.04. The van der Waals surface area contributed by atoms with Gasteiger partial charge in [0.05, 0.1) is 28.3 Å². The second-order valence-electron chi connectivity index (χ2n) is 7.52. The zero-order chi connectivity index (χ0) is 17.1. The zero-order valence-corrected chi connectivity index (χ0v) is 15.7. The number of hydrogen-bond donors (Lipinski definition) is 1. The van der Waals surface area contributed by atoms with Gasteiger partial charge in [0, 0.05) is 31.8 Å². The van der Waals surface area contributed by atoms with E-state index in [-0.39, 0.29) is 0 Å². The van der Waals surface area contributed by atoms with E-state index in [0.29, 0.717) is 18.4 Å². The van der Waals surface area contributed by atoms with Crippen molar-refractivity contribution in [3.8, 4) is 0 Å². The fourth-order valence-electron chi connectivity index (χ4n) is 4.16. The summed E-state index contributed by atoms with van der Waals surface area (Å²) < 4.78 is 1.30. The van der Waals surface area contributed by atoms with Crippen molar-refractivity contribution in [2.45, 2.75) is 44.4 Å². The maximum Gasteiger partial charge on any atom is 0.277 e. The van der Waals surface area contributed by atoms with Gasteiger partial charge in [-0.05, 0) is 25.0 Å². The van der Waals surface area contributed by atoms with Crippen LogP contribution in [0.3, 0.4) is 0 Å². The highest BCUT2D eigenvalue weighted by atomic mass is 32.1. The zero-order valence-electron chi connectivity index (χ0n) is 14.9. The molecular weight excluding hydrogens is 330 g/mol. The standard InChI is InChI=1S/C20H27N3OS/c24-19(23-11-5-1-2-6-12-23)15-22-13-9-16(10-14-22)20-21-17-7-3-4-8-18(17)25-20/h3-4,7-8,16H,1-2,5-6,9-15H2/p+1. The minimum absolute atomic E-state index is 0.371. The normalized spacial score (nSPS) is 25.0. The van der Waals surface area contributed by atoms with Crippen LogP contribution in [0.5, 0.6) is 0 Å². The Morgan fingerprint density at radius 3 is 2.56 bits per heavy atom. The Kier molecular flexibility index (Phi) is 5.32. The van der Waals surface area contributed by atoms with Gasteiger partial charge in [-0.3, -0.25) is 4.79 Å². The summed E-state index contributed by atoms with van der Waals surface area (Å²) in [5, 5.41) is 1.29. The molecule has 1 amide bonds. The van der Waals surface area contributed by atoms with Gasteiger partial charge in [0.2, 0.25) is 0 Å². The minimum Gasteiger partial charge on any atom is -0.338 e. The van der Waals surface area contributed by atoms with Gasteiger partial charge < -0.3 is 9.80 Å². The number of carbonyl (C=O) groups is 1. The van der Waals surface area contributed by atoms with E-state index in [0.717, 1.165) is 44.5 Å². The van der Waals surface area contributed by atoms with Crippen LogP contribution in [0.2, 0.25) is 0 Å². The van der Waals surface area contributed by atoms with Crippen molar-refractivity contribution in [1.82, 2.24) is 9.88 Å². The van der Waals surface area contributed by atoms with Crippen LogP contribution >= 0.6 is 11.3 Å². The first kappa shape index (κ1) is 17.0. The fourth-order valence-corrected chi connectivity index (χ4v) is 5.30. The van der Waals surface area contributed by atoms with Crippen molar-refractivity contribution in [2.75, 3.05) is 32.7 Å². The Morgan fingerprint density at radius 2 is 1.84 bits per heavy atom. The van der Waals surface area contributed by atoms with Gasteiger partial charge in [0.25, 0.3) is 5.91 Å². The van der Waals surface area contributed by atoms with Crippen LogP contribution in [0.1, 0.15) is 49.5 Å². The molecule has 0 aliphatic carbocycles. The molecular formula is C20H28N3OS+. The average Bonchev–Trinajstić information content (AvgIpc) is 2.88. The second kappa shape index (κ2) is 7.83. The van der Waals surface area contributed by atoms with Gasteiger partial charge in [0.15, 0.2) is 6.54 Å². The Labute approximate surface area is 153 Å². The lowest BCUT2D eigenvalue weighted by Gasteiger charge is -2.29. The van der Waals surface area contributed by atoms with Gasteiger partial charge in [-0.25, -0.2) is 4.98 Å². The maximum absolute atomic E-state index is 12.6. The quantitative estimate of drug-likeness (QED) is 0.915.